The number of hydrogen-bond acceptors (Lipinski definition) is 4. The number of fused-ring (bicyclic) bond motifs is 1. The number of anilines is 1. The van der Waals surface area contributed by atoms with E-state index in [4.69, 9.17) is 0 Å². The molecule has 1 atom stereocenters. The van der Waals surface area contributed by atoms with Gasteiger partial charge in [0.05, 0.1) is 5.56 Å². The molecule has 1 unspecified atom stereocenters. The van der Waals surface area contributed by atoms with Gasteiger partial charge >= 0.3 is 6.18 Å². The first-order chi connectivity index (χ1) is 14.3. The van der Waals surface area contributed by atoms with Crippen LogP contribution in [-0.4, -0.2) is 43.4 Å². The molecule has 7 heteroatoms. The quantitative estimate of drug-likeness (QED) is 0.493. The van der Waals surface area contributed by atoms with Gasteiger partial charge in [-0.1, -0.05) is 31.2 Å². The minimum absolute atomic E-state index is 0.136. The van der Waals surface area contributed by atoms with Gasteiger partial charge in [0.1, 0.15) is 0 Å². The number of nitrogens with zero attached hydrogens (tertiary/aromatic N) is 2. The Morgan fingerprint density at radius 2 is 1.80 bits per heavy atom. The molecule has 2 heterocycles. The number of hydrogen-bond donors (Lipinski definition) is 0. The molecular formula is C23H23F3N2OS. The van der Waals surface area contributed by atoms with Gasteiger partial charge in [-0.2, -0.15) is 13.2 Å². The molecule has 0 spiro atoms. The van der Waals surface area contributed by atoms with Crippen LogP contribution in [0.2, 0.25) is 0 Å². The summed E-state index contributed by atoms with van der Waals surface area (Å²) in [5, 5.41) is 2.95. The second-order valence-electron chi connectivity index (χ2n) is 7.75. The highest BCUT2D eigenvalue weighted by Gasteiger charge is 2.31. The topological polar surface area (TPSA) is 23.6 Å². The molecule has 4 rings (SSSR count). The first-order valence-electron chi connectivity index (χ1n) is 9.98. The summed E-state index contributed by atoms with van der Waals surface area (Å²) >= 11 is 1.59. The molecular weight excluding hydrogens is 409 g/mol. The van der Waals surface area contributed by atoms with Gasteiger partial charge in [-0.3, -0.25) is 9.69 Å². The Labute approximate surface area is 177 Å². The lowest BCUT2D eigenvalue weighted by molar-refractivity contribution is -0.137. The summed E-state index contributed by atoms with van der Waals surface area (Å²) in [6.07, 6.45) is -4.33. The van der Waals surface area contributed by atoms with Crippen molar-refractivity contribution in [3.63, 3.8) is 0 Å². The van der Waals surface area contributed by atoms with Crippen molar-refractivity contribution in [1.82, 2.24) is 4.90 Å². The van der Waals surface area contributed by atoms with E-state index >= 15 is 0 Å². The number of Topliss-reactive ketones (excluding diaryl/α,β-unsaturated/α-hetero) is 1. The fourth-order valence-corrected chi connectivity index (χ4v) is 4.92. The van der Waals surface area contributed by atoms with Crippen molar-refractivity contribution in [3.8, 4) is 0 Å². The lowest BCUT2D eigenvalue weighted by Gasteiger charge is -2.37. The smallest absolute Gasteiger partial charge is 0.369 e. The maximum absolute atomic E-state index is 13.0. The lowest BCUT2D eigenvalue weighted by Crippen LogP contribution is -2.48. The Morgan fingerprint density at radius 1 is 1.07 bits per heavy atom. The van der Waals surface area contributed by atoms with Crippen LogP contribution in [0.1, 0.15) is 22.8 Å². The van der Waals surface area contributed by atoms with Crippen LogP contribution in [0.5, 0.6) is 0 Å². The van der Waals surface area contributed by atoms with Gasteiger partial charge in [-0.25, -0.2) is 0 Å². The molecule has 0 aliphatic carbocycles. The van der Waals surface area contributed by atoms with Gasteiger partial charge < -0.3 is 4.90 Å². The van der Waals surface area contributed by atoms with E-state index in [1.165, 1.54) is 12.1 Å². The van der Waals surface area contributed by atoms with E-state index in [0.717, 1.165) is 34.8 Å². The van der Waals surface area contributed by atoms with E-state index < -0.39 is 11.7 Å². The number of rotatable bonds is 5. The highest BCUT2D eigenvalue weighted by atomic mass is 32.1. The zero-order valence-electron chi connectivity index (χ0n) is 16.7. The number of halogens is 3. The Morgan fingerprint density at radius 3 is 2.53 bits per heavy atom. The third kappa shape index (κ3) is 4.37. The van der Waals surface area contributed by atoms with Crippen molar-refractivity contribution < 1.29 is 18.0 Å². The number of benzene rings is 2. The third-order valence-corrected chi connectivity index (χ3v) is 6.60. The zero-order chi connectivity index (χ0) is 21.3. The molecule has 3 aromatic rings. The third-order valence-electron chi connectivity index (χ3n) is 5.64. The van der Waals surface area contributed by atoms with Crippen LogP contribution >= 0.6 is 11.3 Å². The molecule has 0 amide bonds. The molecule has 158 valence electrons. The molecule has 1 saturated heterocycles. The van der Waals surface area contributed by atoms with Crippen LogP contribution in [-0.2, 0) is 6.18 Å². The summed E-state index contributed by atoms with van der Waals surface area (Å²) < 4.78 is 40.0. The number of ketones is 1. The van der Waals surface area contributed by atoms with Crippen molar-refractivity contribution in [2.24, 2.45) is 5.92 Å². The molecule has 2 aromatic carbocycles. The van der Waals surface area contributed by atoms with Gasteiger partial charge in [0.25, 0.3) is 0 Å². The second kappa shape index (κ2) is 8.40. The van der Waals surface area contributed by atoms with Crippen molar-refractivity contribution in [3.05, 3.63) is 65.0 Å². The van der Waals surface area contributed by atoms with Crippen molar-refractivity contribution in [2.45, 2.75) is 13.1 Å². The Balaban J connectivity index is 1.36. The van der Waals surface area contributed by atoms with Crippen molar-refractivity contribution >= 4 is 32.9 Å². The predicted molar refractivity (Wildman–Crippen MR) is 115 cm³/mol. The van der Waals surface area contributed by atoms with Gasteiger partial charge in [-0.05, 0) is 24.3 Å². The summed E-state index contributed by atoms with van der Waals surface area (Å²) in [5.74, 6) is 0.0101. The number of carbonyl (C=O) groups is 1. The van der Waals surface area contributed by atoms with E-state index in [9.17, 15) is 18.0 Å². The molecule has 1 aromatic heterocycles. The van der Waals surface area contributed by atoms with E-state index in [2.05, 4.69) is 4.90 Å². The SMILES string of the molecule is CC(CN1CCN(c2cccc(C(F)(F)F)c2)CC1)C(=O)c1csc2ccccc12. The fraction of sp³-hybridized carbons (Fsp3) is 0.348. The molecule has 1 aliphatic rings. The molecule has 0 N–H and O–H groups in total. The maximum Gasteiger partial charge on any atom is 0.416 e. The van der Waals surface area contributed by atoms with E-state index in [1.807, 2.05) is 41.5 Å². The zero-order valence-corrected chi connectivity index (χ0v) is 17.5. The van der Waals surface area contributed by atoms with Crippen molar-refractivity contribution in [1.29, 1.82) is 0 Å². The summed E-state index contributed by atoms with van der Waals surface area (Å²) in [4.78, 5) is 17.2. The molecule has 30 heavy (non-hydrogen) atoms. The van der Waals surface area contributed by atoms with Gasteiger partial charge in [-0.15, -0.1) is 11.3 Å². The summed E-state index contributed by atoms with van der Waals surface area (Å²) in [7, 11) is 0. The minimum atomic E-state index is -4.33. The van der Waals surface area contributed by atoms with Gasteiger partial charge in [0, 0.05) is 65.4 Å². The van der Waals surface area contributed by atoms with Crippen LogP contribution in [0, 0.1) is 5.92 Å². The first kappa shape index (κ1) is 20.9. The maximum atomic E-state index is 13.0. The lowest BCUT2D eigenvalue weighted by atomic mass is 9.98. The summed E-state index contributed by atoms with van der Waals surface area (Å²) in [5.41, 5.74) is 0.758. The standard InChI is InChI=1S/C23H23F3N2OS/c1-16(22(29)20-15-30-21-8-3-2-7-19(20)21)14-27-9-11-28(12-10-27)18-6-4-5-17(13-18)23(24,25)26/h2-8,13,15-16H,9-12,14H2,1H3. The highest BCUT2D eigenvalue weighted by molar-refractivity contribution is 7.17. The van der Waals surface area contributed by atoms with Crippen LogP contribution in [0.4, 0.5) is 18.9 Å². The highest BCUT2D eigenvalue weighted by Crippen LogP contribution is 2.32. The van der Waals surface area contributed by atoms with Crippen LogP contribution in [0.25, 0.3) is 10.1 Å². The molecule has 0 saturated carbocycles. The second-order valence-corrected chi connectivity index (χ2v) is 8.66. The first-order valence-corrected chi connectivity index (χ1v) is 10.9. The van der Waals surface area contributed by atoms with E-state index in [1.54, 1.807) is 17.4 Å². The monoisotopic (exact) mass is 432 g/mol. The number of carbonyl (C=O) groups excluding carboxylic acids is 1. The number of alkyl halides is 3. The normalized spacial score (nSPS) is 16.7. The van der Waals surface area contributed by atoms with Crippen LogP contribution < -0.4 is 4.90 Å². The Hall–Kier alpha value is -2.38. The van der Waals surface area contributed by atoms with Crippen LogP contribution in [0.3, 0.4) is 0 Å². The van der Waals surface area contributed by atoms with Gasteiger partial charge in [0.2, 0.25) is 0 Å². The molecule has 0 radical (unpaired) electrons. The van der Waals surface area contributed by atoms with Crippen molar-refractivity contribution in [2.75, 3.05) is 37.6 Å². The summed E-state index contributed by atoms with van der Waals surface area (Å²) in [6, 6.07) is 13.4. The molecule has 0 bridgehead atoms. The molecule has 3 nitrogen and oxygen atoms in total. The molecule has 1 fully saturated rings. The predicted octanol–water partition coefficient (Wildman–Crippen LogP) is 5.56. The average Bonchev–Trinajstić information content (AvgIpc) is 3.17. The Bertz CT molecular complexity index is 1040. The van der Waals surface area contributed by atoms with Crippen LogP contribution in [0.15, 0.2) is 53.9 Å². The van der Waals surface area contributed by atoms with E-state index in [-0.39, 0.29) is 11.7 Å². The summed E-state index contributed by atoms with van der Waals surface area (Å²) in [6.45, 7) is 5.33. The number of thiophene rings is 1. The Kier molecular flexibility index (Phi) is 5.84. The average molecular weight is 433 g/mol. The van der Waals surface area contributed by atoms with Gasteiger partial charge in [0.15, 0.2) is 5.78 Å². The van der Waals surface area contributed by atoms with E-state index in [0.29, 0.717) is 25.3 Å². The largest absolute Gasteiger partial charge is 0.416 e. The molecule has 1 aliphatic heterocycles. The minimum Gasteiger partial charge on any atom is -0.369 e. The fourth-order valence-electron chi connectivity index (χ4n) is 3.97. The number of piperazine rings is 1.